The van der Waals surface area contributed by atoms with E-state index in [1.807, 2.05) is 12.4 Å². The van der Waals surface area contributed by atoms with Crippen molar-refractivity contribution in [2.24, 2.45) is 0 Å². The molecule has 0 radical (unpaired) electrons. The van der Waals surface area contributed by atoms with E-state index in [4.69, 9.17) is 11.6 Å². The molecule has 3 nitrogen and oxygen atoms in total. The van der Waals surface area contributed by atoms with Crippen molar-refractivity contribution in [3.05, 3.63) is 18.0 Å². The average Bonchev–Trinajstić information content (AvgIpc) is 2.70. The van der Waals surface area contributed by atoms with Crippen LogP contribution >= 0.6 is 11.6 Å². The summed E-state index contributed by atoms with van der Waals surface area (Å²) in [6, 6.07) is 1.14. The topological polar surface area (TPSA) is 29.0 Å². The molecule has 1 fully saturated rings. The van der Waals surface area contributed by atoms with Crippen LogP contribution in [0.15, 0.2) is 12.4 Å². The van der Waals surface area contributed by atoms with Crippen LogP contribution in [0.25, 0.3) is 0 Å². The van der Waals surface area contributed by atoms with E-state index in [1.54, 1.807) is 0 Å². The fraction of sp³-hybridized carbons (Fsp3) is 0.667. The van der Waals surface area contributed by atoms with Crippen LogP contribution in [0, 0.1) is 0 Å². The SMILES string of the molecule is CCC1CCC(C)N1c1ncc(CCl)cn1. The Morgan fingerprint density at radius 2 is 2.06 bits per heavy atom. The van der Waals surface area contributed by atoms with Crippen molar-refractivity contribution in [1.82, 2.24) is 9.97 Å². The van der Waals surface area contributed by atoms with E-state index < -0.39 is 0 Å². The molecule has 0 bridgehead atoms. The van der Waals surface area contributed by atoms with Crippen LogP contribution in [0.3, 0.4) is 0 Å². The number of hydrogen-bond donors (Lipinski definition) is 0. The molecule has 0 aliphatic carbocycles. The van der Waals surface area contributed by atoms with Crippen LogP contribution in [0.4, 0.5) is 5.95 Å². The van der Waals surface area contributed by atoms with Crippen molar-refractivity contribution in [2.75, 3.05) is 4.90 Å². The maximum atomic E-state index is 5.73. The van der Waals surface area contributed by atoms with Gasteiger partial charge in [-0.1, -0.05) is 6.92 Å². The lowest BCUT2D eigenvalue weighted by atomic mass is 10.2. The molecule has 1 saturated heterocycles. The third-order valence-corrected chi connectivity index (χ3v) is 3.64. The maximum absolute atomic E-state index is 5.73. The second-order valence-corrected chi connectivity index (χ2v) is 4.69. The second kappa shape index (κ2) is 5.00. The largest absolute Gasteiger partial charge is 0.335 e. The molecule has 2 unspecified atom stereocenters. The van der Waals surface area contributed by atoms with Gasteiger partial charge < -0.3 is 4.90 Å². The van der Waals surface area contributed by atoms with Gasteiger partial charge in [0.15, 0.2) is 0 Å². The van der Waals surface area contributed by atoms with Gasteiger partial charge in [0.1, 0.15) is 0 Å². The van der Waals surface area contributed by atoms with Gasteiger partial charge in [-0.3, -0.25) is 0 Å². The van der Waals surface area contributed by atoms with Gasteiger partial charge in [0.2, 0.25) is 5.95 Å². The molecule has 1 aromatic rings. The van der Waals surface area contributed by atoms with Gasteiger partial charge in [-0.2, -0.15) is 0 Å². The third kappa shape index (κ3) is 2.14. The highest BCUT2D eigenvalue weighted by atomic mass is 35.5. The summed E-state index contributed by atoms with van der Waals surface area (Å²) in [7, 11) is 0. The van der Waals surface area contributed by atoms with Crippen LogP contribution in [0.2, 0.25) is 0 Å². The molecule has 1 aliphatic heterocycles. The molecule has 0 spiro atoms. The van der Waals surface area contributed by atoms with E-state index in [9.17, 15) is 0 Å². The minimum absolute atomic E-state index is 0.479. The Bertz CT molecular complexity index is 339. The number of nitrogens with zero attached hydrogens (tertiary/aromatic N) is 3. The molecule has 2 atom stereocenters. The standard InChI is InChI=1S/C12H18ClN3/c1-3-11-5-4-9(2)16(11)12-14-7-10(6-13)8-15-12/h7-9,11H,3-6H2,1-2H3. The van der Waals surface area contributed by atoms with Gasteiger partial charge in [0, 0.05) is 30.0 Å². The highest BCUT2D eigenvalue weighted by molar-refractivity contribution is 6.17. The Morgan fingerprint density at radius 1 is 1.38 bits per heavy atom. The lowest BCUT2D eigenvalue weighted by Crippen LogP contribution is -2.35. The van der Waals surface area contributed by atoms with Crippen molar-refractivity contribution in [1.29, 1.82) is 0 Å². The highest BCUT2D eigenvalue weighted by Crippen LogP contribution is 2.29. The van der Waals surface area contributed by atoms with E-state index in [0.717, 1.165) is 17.9 Å². The molecule has 0 saturated carbocycles. The molecule has 1 aliphatic rings. The van der Waals surface area contributed by atoms with Crippen LogP contribution in [0.5, 0.6) is 0 Å². The predicted molar refractivity (Wildman–Crippen MR) is 66.8 cm³/mol. The van der Waals surface area contributed by atoms with Crippen molar-refractivity contribution < 1.29 is 0 Å². The van der Waals surface area contributed by atoms with Crippen molar-refractivity contribution in [3.8, 4) is 0 Å². The van der Waals surface area contributed by atoms with Crippen molar-refractivity contribution in [3.63, 3.8) is 0 Å². The average molecular weight is 240 g/mol. The number of hydrogen-bond acceptors (Lipinski definition) is 3. The monoisotopic (exact) mass is 239 g/mol. The van der Waals surface area contributed by atoms with Crippen molar-refractivity contribution in [2.45, 2.75) is 51.1 Å². The molecule has 4 heteroatoms. The van der Waals surface area contributed by atoms with E-state index in [-0.39, 0.29) is 0 Å². The Balaban J connectivity index is 2.21. The Hall–Kier alpha value is -0.830. The molecule has 88 valence electrons. The van der Waals surface area contributed by atoms with E-state index in [1.165, 1.54) is 12.8 Å². The maximum Gasteiger partial charge on any atom is 0.225 e. The van der Waals surface area contributed by atoms with Gasteiger partial charge in [-0.25, -0.2) is 9.97 Å². The molecule has 0 aromatic carbocycles. The first-order valence-electron chi connectivity index (χ1n) is 5.91. The van der Waals surface area contributed by atoms with Gasteiger partial charge in [-0.15, -0.1) is 11.6 Å². The minimum Gasteiger partial charge on any atom is -0.335 e. The van der Waals surface area contributed by atoms with Crippen LogP contribution < -0.4 is 4.90 Å². The number of rotatable bonds is 3. The summed E-state index contributed by atoms with van der Waals surface area (Å²) in [5.41, 5.74) is 0.977. The number of alkyl halides is 1. The number of aromatic nitrogens is 2. The fourth-order valence-electron chi connectivity index (χ4n) is 2.38. The van der Waals surface area contributed by atoms with Gasteiger partial charge in [0.25, 0.3) is 0 Å². The molecule has 0 amide bonds. The smallest absolute Gasteiger partial charge is 0.225 e. The van der Waals surface area contributed by atoms with E-state index in [2.05, 4.69) is 28.7 Å². The Kier molecular flexibility index (Phi) is 3.64. The highest BCUT2D eigenvalue weighted by Gasteiger charge is 2.30. The minimum atomic E-state index is 0.479. The summed E-state index contributed by atoms with van der Waals surface area (Å²) in [4.78, 5) is 11.2. The zero-order valence-electron chi connectivity index (χ0n) is 9.86. The van der Waals surface area contributed by atoms with Gasteiger partial charge in [0.05, 0.1) is 5.88 Å². The normalized spacial score (nSPS) is 25.1. The first-order valence-corrected chi connectivity index (χ1v) is 6.45. The molecule has 0 N–H and O–H groups in total. The van der Waals surface area contributed by atoms with Crippen LogP contribution in [-0.2, 0) is 5.88 Å². The Labute approximate surface area is 102 Å². The third-order valence-electron chi connectivity index (χ3n) is 3.33. The molecule has 2 heterocycles. The summed E-state index contributed by atoms with van der Waals surface area (Å²) in [5, 5.41) is 0. The molecule has 1 aromatic heterocycles. The zero-order chi connectivity index (χ0) is 11.5. The van der Waals surface area contributed by atoms with Crippen LogP contribution in [0.1, 0.15) is 38.7 Å². The summed E-state index contributed by atoms with van der Waals surface area (Å²) in [6.07, 6.45) is 7.29. The van der Waals surface area contributed by atoms with E-state index >= 15 is 0 Å². The lowest BCUT2D eigenvalue weighted by molar-refractivity contribution is 0.612. The summed E-state index contributed by atoms with van der Waals surface area (Å²) < 4.78 is 0. The quantitative estimate of drug-likeness (QED) is 0.760. The lowest BCUT2D eigenvalue weighted by Gasteiger charge is -2.27. The zero-order valence-corrected chi connectivity index (χ0v) is 10.6. The number of anilines is 1. The van der Waals surface area contributed by atoms with Crippen molar-refractivity contribution >= 4 is 17.5 Å². The summed E-state index contributed by atoms with van der Waals surface area (Å²) in [5.74, 6) is 1.33. The molecule has 16 heavy (non-hydrogen) atoms. The molecular weight excluding hydrogens is 222 g/mol. The molecule has 2 rings (SSSR count). The Morgan fingerprint density at radius 3 is 2.62 bits per heavy atom. The van der Waals surface area contributed by atoms with E-state index in [0.29, 0.717) is 18.0 Å². The fourth-order valence-corrected chi connectivity index (χ4v) is 2.52. The molecular formula is C12H18ClN3. The summed E-state index contributed by atoms with van der Waals surface area (Å²) >= 11 is 5.73. The first kappa shape index (κ1) is 11.6. The first-order chi connectivity index (χ1) is 7.76. The summed E-state index contributed by atoms with van der Waals surface area (Å²) in [6.45, 7) is 4.47. The van der Waals surface area contributed by atoms with Gasteiger partial charge in [-0.05, 0) is 26.2 Å². The van der Waals surface area contributed by atoms with Gasteiger partial charge >= 0.3 is 0 Å². The predicted octanol–water partition coefficient (Wildman–Crippen LogP) is 2.98. The second-order valence-electron chi connectivity index (χ2n) is 4.42. The van der Waals surface area contributed by atoms with Crippen LogP contribution in [-0.4, -0.2) is 22.1 Å². The number of halogens is 1.